The van der Waals surface area contributed by atoms with Crippen molar-refractivity contribution in [1.29, 1.82) is 0 Å². The average molecular weight is 322 g/mol. The highest BCUT2D eigenvalue weighted by Crippen LogP contribution is 2.45. The molecule has 0 saturated carbocycles. The second-order valence-electron chi connectivity index (χ2n) is 6.06. The fourth-order valence-electron chi connectivity index (χ4n) is 2.86. The van der Waals surface area contributed by atoms with E-state index in [9.17, 15) is 13.2 Å². The fourth-order valence-corrected chi connectivity index (χ4v) is 3.04. The molecule has 21 heavy (non-hydrogen) atoms. The van der Waals surface area contributed by atoms with Crippen molar-refractivity contribution in [3.63, 3.8) is 0 Å². The molecule has 2 rings (SSSR count). The second kappa shape index (κ2) is 6.15. The second-order valence-corrected chi connectivity index (χ2v) is 6.50. The average Bonchev–Trinajstić information content (AvgIpc) is 2.58. The minimum Gasteiger partial charge on any atom is -0.371 e. The van der Waals surface area contributed by atoms with Crippen molar-refractivity contribution < 1.29 is 17.9 Å². The molecule has 1 aromatic rings. The van der Waals surface area contributed by atoms with Crippen LogP contribution < -0.4 is 5.32 Å². The lowest BCUT2D eigenvalue weighted by Gasteiger charge is -2.28. The maximum atomic E-state index is 12.0. The Morgan fingerprint density at radius 1 is 1.38 bits per heavy atom. The first-order valence-electron chi connectivity index (χ1n) is 6.85. The van der Waals surface area contributed by atoms with Crippen LogP contribution >= 0.6 is 11.6 Å². The van der Waals surface area contributed by atoms with Gasteiger partial charge in [-0.1, -0.05) is 31.5 Å². The van der Waals surface area contributed by atoms with Crippen molar-refractivity contribution in [1.82, 2.24) is 5.32 Å². The van der Waals surface area contributed by atoms with E-state index in [1.807, 2.05) is 18.2 Å². The first-order valence-corrected chi connectivity index (χ1v) is 7.23. The summed E-state index contributed by atoms with van der Waals surface area (Å²) in [6.45, 7) is 3.47. The number of fused-ring (bicyclic) bond motifs is 1. The number of rotatable bonds is 5. The summed E-state index contributed by atoms with van der Waals surface area (Å²) in [6.07, 6.45) is -3.35. The molecule has 2 nitrogen and oxygen atoms in total. The normalized spacial score (nSPS) is 20.6. The summed E-state index contributed by atoms with van der Waals surface area (Å²) < 4.78 is 40.6. The fraction of sp³-hybridized carbons (Fsp3) is 0.600. The summed E-state index contributed by atoms with van der Waals surface area (Å²) in [5.41, 5.74) is 2.36. The molecule has 1 aliphatic carbocycles. The summed E-state index contributed by atoms with van der Waals surface area (Å²) in [4.78, 5) is 0. The predicted molar refractivity (Wildman–Crippen MR) is 76.6 cm³/mol. The van der Waals surface area contributed by atoms with Gasteiger partial charge in [0.2, 0.25) is 0 Å². The molecule has 1 N–H and O–H groups in total. The van der Waals surface area contributed by atoms with Gasteiger partial charge in [0.25, 0.3) is 0 Å². The Morgan fingerprint density at radius 2 is 2.10 bits per heavy atom. The number of nitrogens with one attached hydrogen (secondary N) is 1. The Morgan fingerprint density at radius 3 is 2.76 bits per heavy atom. The number of hydrogen-bond donors (Lipinski definition) is 1. The van der Waals surface area contributed by atoms with Crippen molar-refractivity contribution in [2.24, 2.45) is 5.41 Å². The van der Waals surface area contributed by atoms with E-state index >= 15 is 0 Å². The molecule has 0 fully saturated rings. The molecular weight excluding hydrogens is 303 g/mol. The van der Waals surface area contributed by atoms with Crippen molar-refractivity contribution >= 4 is 11.6 Å². The lowest BCUT2D eigenvalue weighted by Crippen LogP contribution is -2.34. The number of benzene rings is 1. The third kappa shape index (κ3) is 4.34. The summed E-state index contributed by atoms with van der Waals surface area (Å²) in [7, 11) is 0. The van der Waals surface area contributed by atoms with Crippen LogP contribution in [0.3, 0.4) is 0 Å². The van der Waals surface area contributed by atoms with Crippen molar-refractivity contribution in [2.75, 3.05) is 19.8 Å². The number of hydrogen-bond acceptors (Lipinski definition) is 2. The van der Waals surface area contributed by atoms with Crippen LogP contribution in [-0.4, -0.2) is 25.9 Å². The summed E-state index contributed by atoms with van der Waals surface area (Å²) in [5.74, 6) is 0. The molecule has 0 amide bonds. The molecule has 1 unspecified atom stereocenters. The molecule has 0 aliphatic heterocycles. The third-order valence-corrected chi connectivity index (χ3v) is 3.94. The zero-order valence-corrected chi connectivity index (χ0v) is 12.8. The zero-order valence-electron chi connectivity index (χ0n) is 12.1. The summed E-state index contributed by atoms with van der Waals surface area (Å²) >= 11 is 6.04. The van der Waals surface area contributed by atoms with Crippen molar-refractivity contribution in [3.8, 4) is 0 Å². The molecule has 6 heteroatoms. The van der Waals surface area contributed by atoms with Gasteiger partial charge in [-0.25, -0.2) is 0 Å². The lowest BCUT2D eigenvalue weighted by molar-refractivity contribution is -0.173. The highest BCUT2D eigenvalue weighted by atomic mass is 35.5. The van der Waals surface area contributed by atoms with E-state index in [1.54, 1.807) is 0 Å². The first kappa shape index (κ1) is 16.6. The number of halogens is 4. The standard InChI is InChI=1S/C15H19ClF3NO/c1-14(2)8-10-3-4-11(16)7-12(10)13(14)20-5-6-21-9-15(17,18)19/h3-4,7,13,20H,5-6,8-9H2,1-2H3. The number of alkyl halides is 3. The predicted octanol–water partition coefficient (Wildman–Crippen LogP) is 4.13. The Hall–Kier alpha value is -0.780. The van der Waals surface area contributed by atoms with Crippen LogP contribution in [-0.2, 0) is 11.2 Å². The van der Waals surface area contributed by atoms with Gasteiger partial charge >= 0.3 is 6.18 Å². The molecule has 0 aromatic heterocycles. The van der Waals surface area contributed by atoms with E-state index in [1.165, 1.54) is 5.56 Å². The Balaban J connectivity index is 1.92. The maximum Gasteiger partial charge on any atom is 0.411 e. The monoisotopic (exact) mass is 321 g/mol. The molecule has 0 radical (unpaired) electrons. The smallest absolute Gasteiger partial charge is 0.371 e. The molecule has 1 aliphatic rings. The quantitative estimate of drug-likeness (QED) is 0.823. The van der Waals surface area contributed by atoms with Crippen LogP contribution in [0.15, 0.2) is 18.2 Å². The van der Waals surface area contributed by atoms with E-state index < -0.39 is 12.8 Å². The minimum atomic E-state index is -4.27. The molecule has 1 atom stereocenters. The molecule has 0 bridgehead atoms. The minimum absolute atomic E-state index is 0.00293. The first-order chi connectivity index (χ1) is 9.69. The molecule has 1 aromatic carbocycles. The molecule has 0 saturated heterocycles. The Kier molecular flexibility index (Phi) is 4.85. The highest BCUT2D eigenvalue weighted by Gasteiger charge is 2.38. The lowest BCUT2D eigenvalue weighted by atomic mass is 9.85. The largest absolute Gasteiger partial charge is 0.411 e. The van der Waals surface area contributed by atoms with Gasteiger partial charge in [-0.3, -0.25) is 0 Å². The van der Waals surface area contributed by atoms with Gasteiger partial charge in [0.1, 0.15) is 6.61 Å². The number of ether oxygens (including phenoxy) is 1. The zero-order chi connectivity index (χ0) is 15.7. The summed E-state index contributed by atoms with van der Waals surface area (Å²) in [5, 5.41) is 3.96. The van der Waals surface area contributed by atoms with E-state index in [2.05, 4.69) is 23.9 Å². The van der Waals surface area contributed by atoms with Gasteiger partial charge in [-0.05, 0) is 35.1 Å². The summed E-state index contributed by atoms with van der Waals surface area (Å²) in [6, 6.07) is 5.88. The third-order valence-electron chi connectivity index (χ3n) is 3.71. The highest BCUT2D eigenvalue weighted by molar-refractivity contribution is 6.30. The van der Waals surface area contributed by atoms with E-state index in [0.717, 1.165) is 12.0 Å². The Bertz CT molecular complexity index is 502. The van der Waals surface area contributed by atoms with Gasteiger partial charge in [0.05, 0.1) is 6.61 Å². The van der Waals surface area contributed by atoms with Gasteiger partial charge in [0.15, 0.2) is 0 Å². The molecular formula is C15H19ClF3NO. The SMILES string of the molecule is CC1(C)Cc2ccc(Cl)cc2C1NCCOCC(F)(F)F. The van der Waals surface area contributed by atoms with E-state index in [4.69, 9.17) is 11.6 Å². The van der Waals surface area contributed by atoms with Crippen LogP contribution in [0.5, 0.6) is 0 Å². The van der Waals surface area contributed by atoms with Gasteiger partial charge in [-0.2, -0.15) is 13.2 Å². The van der Waals surface area contributed by atoms with Crippen molar-refractivity contribution in [3.05, 3.63) is 34.3 Å². The van der Waals surface area contributed by atoms with Gasteiger partial charge in [0, 0.05) is 17.6 Å². The Labute approximate surface area is 127 Å². The van der Waals surface area contributed by atoms with Crippen LogP contribution in [0.1, 0.15) is 31.0 Å². The van der Waals surface area contributed by atoms with Crippen LogP contribution in [0.25, 0.3) is 0 Å². The molecule has 0 heterocycles. The molecule has 118 valence electrons. The van der Waals surface area contributed by atoms with E-state index in [-0.39, 0.29) is 18.1 Å². The topological polar surface area (TPSA) is 21.3 Å². The maximum absolute atomic E-state index is 12.0. The van der Waals surface area contributed by atoms with Gasteiger partial charge in [-0.15, -0.1) is 0 Å². The van der Waals surface area contributed by atoms with Gasteiger partial charge < -0.3 is 10.1 Å². The van der Waals surface area contributed by atoms with Crippen LogP contribution in [0.4, 0.5) is 13.2 Å². The van der Waals surface area contributed by atoms with E-state index in [0.29, 0.717) is 11.6 Å². The molecule has 0 spiro atoms. The van der Waals surface area contributed by atoms with Crippen LogP contribution in [0.2, 0.25) is 5.02 Å². The van der Waals surface area contributed by atoms with Crippen LogP contribution in [0, 0.1) is 5.41 Å². The van der Waals surface area contributed by atoms with Crippen molar-refractivity contribution in [2.45, 2.75) is 32.5 Å².